The van der Waals surface area contributed by atoms with Gasteiger partial charge in [0.25, 0.3) is 5.91 Å². The molecular weight excluding hydrogens is 833 g/mol. The second-order valence-electron chi connectivity index (χ2n) is 13.5. The number of amides is 1. The number of nitrogen functional groups attached to an aromatic ring is 2. The number of Topliss-reactive ketones (excluding diaryl/α,β-unsaturated/α-hetero) is 1. The van der Waals surface area contributed by atoms with Crippen molar-refractivity contribution in [3.63, 3.8) is 0 Å². The lowest BCUT2D eigenvalue weighted by atomic mass is 9.95. The topological polar surface area (TPSA) is 298 Å². The van der Waals surface area contributed by atoms with Gasteiger partial charge in [0.05, 0.1) is 38.2 Å². The first kappa shape index (κ1) is 44.2. The second kappa shape index (κ2) is 18.9. The van der Waals surface area contributed by atoms with E-state index in [1.165, 1.54) is 0 Å². The highest BCUT2D eigenvalue weighted by atomic mass is 16.5. The van der Waals surface area contributed by atoms with Crippen LogP contribution in [0, 0.1) is 0 Å². The number of aromatic carboxylic acids is 2. The van der Waals surface area contributed by atoms with Crippen molar-refractivity contribution in [2.75, 3.05) is 29.1 Å². The summed E-state index contributed by atoms with van der Waals surface area (Å²) in [5, 5.41) is 24.2. The van der Waals surface area contributed by atoms with E-state index in [1.54, 1.807) is 60.7 Å². The first-order valence-corrected chi connectivity index (χ1v) is 18.6. The van der Waals surface area contributed by atoms with Crippen LogP contribution in [-0.4, -0.2) is 40.9 Å². The molecule has 18 nitrogen and oxygen atoms in total. The molecule has 8 aromatic rings. The standard InChI is InChI=1S/C24H20N2O7.C12H12N2O.C10H2O6/c1-13(27)18-11-19(21(24(31)32)12-20(18)23(29)30)22(28)26-15-5-9-17(10-6-15)33-16-7-3-14(25-2)4-8-16;13-9-1-5-11(6-2-9)15-12-7-3-10(14)4-8-12;11-7-3-1-4-6(10(14)16-8(4)12)2-5(3)9(13)15-7/h3-12,25H,1-2H3,(H,26,28)(H,29,30)(H,31,32);1-8H,13-14H2;1-2H. The highest BCUT2D eigenvalue weighted by Crippen LogP contribution is 2.26. The van der Waals surface area contributed by atoms with Gasteiger partial charge >= 0.3 is 34.4 Å². The molecule has 0 saturated carbocycles. The Bertz CT molecular complexity index is 3070. The number of ether oxygens (including phenoxy) is 2. The molecule has 0 aliphatic rings. The zero-order chi connectivity index (χ0) is 46.2. The smallest absolute Gasteiger partial charge is 0.346 e. The van der Waals surface area contributed by atoms with E-state index in [0.29, 0.717) is 17.2 Å². The van der Waals surface area contributed by atoms with Gasteiger partial charge in [-0.2, -0.15) is 0 Å². The summed E-state index contributed by atoms with van der Waals surface area (Å²) in [6.45, 7) is 1.13. The van der Waals surface area contributed by atoms with Gasteiger partial charge in [-0.1, -0.05) is 0 Å². The maximum atomic E-state index is 12.8. The van der Waals surface area contributed by atoms with Crippen LogP contribution >= 0.6 is 0 Å². The number of ketones is 1. The molecule has 18 heteroatoms. The van der Waals surface area contributed by atoms with E-state index in [1.807, 2.05) is 43.4 Å². The average molecular weight is 867 g/mol. The van der Waals surface area contributed by atoms with Crippen LogP contribution in [0.1, 0.15) is 48.4 Å². The van der Waals surface area contributed by atoms with Gasteiger partial charge < -0.3 is 50.6 Å². The van der Waals surface area contributed by atoms with Crippen molar-refractivity contribution in [1.29, 1.82) is 0 Å². The minimum atomic E-state index is -1.49. The summed E-state index contributed by atoms with van der Waals surface area (Å²) in [4.78, 5) is 92.4. The quantitative estimate of drug-likeness (QED) is 0.0630. The van der Waals surface area contributed by atoms with E-state index >= 15 is 0 Å². The van der Waals surface area contributed by atoms with Gasteiger partial charge in [0.1, 0.15) is 23.0 Å². The van der Waals surface area contributed by atoms with Crippen molar-refractivity contribution < 1.29 is 47.7 Å². The number of hydrogen-bond donors (Lipinski definition) is 6. The van der Waals surface area contributed by atoms with Crippen molar-refractivity contribution in [3.8, 4) is 23.0 Å². The number of furan rings is 2. The van der Waals surface area contributed by atoms with Crippen LogP contribution in [0.5, 0.6) is 23.0 Å². The number of carboxylic acids is 2. The predicted octanol–water partition coefficient (Wildman–Crippen LogP) is 6.51. The molecule has 2 aromatic heterocycles. The van der Waals surface area contributed by atoms with Crippen LogP contribution < -0.4 is 54.1 Å². The summed E-state index contributed by atoms with van der Waals surface area (Å²) in [5.74, 6) is -1.72. The van der Waals surface area contributed by atoms with Crippen LogP contribution in [0.3, 0.4) is 0 Å². The van der Waals surface area contributed by atoms with E-state index in [0.717, 1.165) is 59.8 Å². The first-order chi connectivity index (χ1) is 30.5. The fraction of sp³-hybridized carbons (Fsp3) is 0.0435. The number of rotatable bonds is 10. The summed E-state index contributed by atoms with van der Waals surface area (Å²) in [6, 6.07) is 32.2. The van der Waals surface area contributed by atoms with Crippen molar-refractivity contribution in [2.45, 2.75) is 6.92 Å². The summed E-state index contributed by atoms with van der Waals surface area (Å²) in [7, 11) is 1.81. The molecule has 322 valence electrons. The molecule has 0 aliphatic carbocycles. The van der Waals surface area contributed by atoms with Crippen LogP contribution in [0.25, 0.3) is 21.5 Å². The maximum absolute atomic E-state index is 12.8. The van der Waals surface area contributed by atoms with Gasteiger partial charge in [0.15, 0.2) is 5.78 Å². The fourth-order valence-electron chi connectivity index (χ4n) is 5.93. The average Bonchev–Trinajstić information content (AvgIpc) is 3.72. The van der Waals surface area contributed by atoms with Gasteiger partial charge in [-0.25, -0.2) is 28.8 Å². The van der Waals surface area contributed by atoms with Crippen molar-refractivity contribution in [1.82, 2.24) is 0 Å². The SMILES string of the molecule is CNc1ccc(Oc2ccc(NC(=O)c3cc(C(C)=O)c(C(=O)O)cc3C(=O)O)cc2)cc1.Nc1ccc(Oc2ccc(N)cc2)cc1.O=c1oc(=O)c2cc3c(=O)oc(=O)c3cc12. The number of anilines is 4. The number of fused-ring (bicyclic) bond motifs is 2. The lowest BCUT2D eigenvalue weighted by molar-refractivity contribution is 0.0689. The molecule has 0 saturated heterocycles. The number of carbonyl (C=O) groups is 4. The molecule has 6 aromatic carbocycles. The Kier molecular flexibility index (Phi) is 13.1. The number of nitrogens with two attached hydrogens (primary N) is 2. The Morgan fingerprint density at radius 2 is 0.812 bits per heavy atom. The van der Waals surface area contributed by atoms with Crippen LogP contribution in [0.4, 0.5) is 22.7 Å². The Morgan fingerprint density at radius 1 is 0.484 bits per heavy atom. The number of carbonyl (C=O) groups excluding carboxylic acids is 2. The van der Waals surface area contributed by atoms with Crippen LogP contribution in [0.2, 0.25) is 0 Å². The molecule has 0 atom stereocenters. The normalized spacial score (nSPS) is 10.5. The third-order valence-electron chi connectivity index (χ3n) is 9.14. The third-order valence-corrected chi connectivity index (χ3v) is 9.14. The number of hydrogen-bond acceptors (Lipinski definition) is 15. The minimum Gasteiger partial charge on any atom is -0.478 e. The lowest BCUT2D eigenvalue weighted by Crippen LogP contribution is -2.19. The predicted molar refractivity (Wildman–Crippen MR) is 236 cm³/mol. The number of nitrogens with one attached hydrogen (secondary N) is 2. The molecule has 8 rings (SSSR count). The molecule has 64 heavy (non-hydrogen) atoms. The van der Waals surface area contributed by atoms with Gasteiger partial charge in [0, 0.05) is 35.4 Å². The highest BCUT2D eigenvalue weighted by Gasteiger charge is 2.24. The van der Waals surface area contributed by atoms with E-state index in [-0.39, 0.29) is 32.7 Å². The zero-order valence-corrected chi connectivity index (χ0v) is 33.5. The second-order valence-corrected chi connectivity index (χ2v) is 13.5. The summed E-state index contributed by atoms with van der Waals surface area (Å²) in [5.41, 5.74) is 8.96. The largest absolute Gasteiger partial charge is 0.478 e. The fourth-order valence-corrected chi connectivity index (χ4v) is 5.93. The molecule has 0 unspecified atom stereocenters. The summed E-state index contributed by atoms with van der Waals surface area (Å²) in [6.07, 6.45) is 0. The molecular formula is C46H34N4O14. The Labute approximate surface area is 359 Å². The molecule has 0 bridgehead atoms. The van der Waals surface area contributed by atoms with E-state index in [9.17, 15) is 48.6 Å². The van der Waals surface area contributed by atoms with Crippen LogP contribution in [-0.2, 0) is 0 Å². The minimum absolute atomic E-state index is 0.0181. The first-order valence-electron chi connectivity index (χ1n) is 18.6. The van der Waals surface area contributed by atoms with E-state index in [4.69, 9.17) is 20.9 Å². The Hall–Kier alpha value is -9.32. The van der Waals surface area contributed by atoms with Crippen molar-refractivity contribution in [2.24, 2.45) is 0 Å². The number of benzene rings is 6. The molecule has 1 amide bonds. The Balaban J connectivity index is 0.000000180. The monoisotopic (exact) mass is 866 g/mol. The van der Waals surface area contributed by atoms with E-state index < -0.39 is 57.3 Å². The van der Waals surface area contributed by atoms with Crippen molar-refractivity contribution in [3.05, 3.63) is 185 Å². The maximum Gasteiger partial charge on any atom is 0.346 e. The Morgan fingerprint density at radius 3 is 1.16 bits per heavy atom. The molecule has 0 radical (unpaired) electrons. The van der Waals surface area contributed by atoms with Gasteiger partial charge in [-0.15, -0.1) is 0 Å². The molecule has 0 aliphatic heterocycles. The lowest BCUT2D eigenvalue weighted by Gasteiger charge is -2.12. The molecule has 0 spiro atoms. The summed E-state index contributed by atoms with van der Waals surface area (Å²) < 4.78 is 20.0. The van der Waals surface area contributed by atoms with E-state index in [2.05, 4.69) is 19.5 Å². The number of carboxylic acid groups (broad SMARTS) is 2. The van der Waals surface area contributed by atoms with Crippen molar-refractivity contribution >= 4 is 67.9 Å². The van der Waals surface area contributed by atoms with Gasteiger partial charge in [-0.3, -0.25) is 9.59 Å². The summed E-state index contributed by atoms with van der Waals surface area (Å²) >= 11 is 0. The molecule has 8 N–H and O–H groups in total. The molecule has 2 heterocycles. The molecule has 0 fully saturated rings. The third kappa shape index (κ3) is 10.3. The zero-order valence-electron chi connectivity index (χ0n) is 33.5. The van der Waals surface area contributed by atoms with Gasteiger partial charge in [-0.05, 0) is 128 Å². The van der Waals surface area contributed by atoms with Crippen LogP contribution in [0.15, 0.2) is 149 Å². The highest BCUT2D eigenvalue weighted by molar-refractivity contribution is 6.15. The van der Waals surface area contributed by atoms with Gasteiger partial charge in [0.2, 0.25) is 0 Å².